The highest BCUT2D eigenvalue weighted by molar-refractivity contribution is 8.19. The number of amidine groups is 1. The van der Waals surface area contributed by atoms with Gasteiger partial charge in [0, 0.05) is 5.56 Å². The maximum absolute atomic E-state index is 13.9. The molecule has 0 aliphatic carbocycles. The molecule has 1 fully saturated rings. The van der Waals surface area contributed by atoms with Gasteiger partial charge in [0.2, 0.25) is 0 Å². The van der Waals surface area contributed by atoms with Gasteiger partial charge >= 0.3 is 0 Å². The van der Waals surface area contributed by atoms with Crippen molar-refractivity contribution in [2.24, 2.45) is 0 Å². The van der Waals surface area contributed by atoms with Gasteiger partial charge in [-0.05, 0) is 79.6 Å². The molecule has 1 heterocycles. The number of hydrogen-bond acceptors (Lipinski definition) is 5. The quantitative estimate of drug-likeness (QED) is 0.397. The normalized spacial score (nSPS) is 14.7. The van der Waals surface area contributed by atoms with E-state index in [2.05, 4.69) is 0 Å². The smallest absolute Gasteiger partial charge is 0.271 e. The predicted molar refractivity (Wildman–Crippen MR) is 135 cm³/mol. The van der Waals surface area contributed by atoms with Gasteiger partial charge in [0.05, 0.1) is 17.2 Å². The highest BCUT2D eigenvalue weighted by Gasteiger charge is 2.34. The van der Waals surface area contributed by atoms with Crippen molar-refractivity contribution in [1.29, 1.82) is 5.41 Å². The van der Waals surface area contributed by atoms with Gasteiger partial charge in [-0.15, -0.1) is 0 Å². The number of anilines is 1. The van der Waals surface area contributed by atoms with E-state index in [1.165, 1.54) is 11.0 Å². The predicted octanol–water partition coefficient (Wildman–Crippen LogP) is 6.48. The van der Waals surface area contributed by atoms with Crippen LogP contribution in [0.2, 0.25) is 0 Å². The highest BCUT2D eigenvalue weighted by atomic mass is 32.2. The third-order valence-electron chi connectivity index (χ3n) is 5.34. The Labute approximate surface area is 202 Å². The van der Waals surface area contributed by atoms with Crippen LogP contribution in [0.3, 0.4) is 0 Å². The van der Waals surface area contributed by atoms with Crippen LogP contribution in [-0.2, 0) is 11.4 Å². The zero-order valence-corrected chi connectivity index (χ0v) is 20.0. The Hall–Kier alpha value is -3.58. The zero-order valence-electron chi connectivity index (χ0n) is 19.2. The Bertz CT molecular complexity index is 1290. The first-order chi connectivity index (χ1) is 16.4. The summed E-state index contributed by atoms with van der Waals surface area (Å²) in [5.41, 5.74) is 3.87. The number of halogens is 1. The second kappa shape index (κ2) is 10.1. The van der Waals surface area contributed by atoms with Gasteiger partial charge in [-0.3, -0.25) is 15.1 Å². The van der Waals surface area contributed by atoms with E-state index in [4.69, 9.17) is 14.9 Å². The second-order valence-electron chi connectivity index (χ2n) is 7.87. The van der Waals surface area contributed by atoms with Crippen molar-refractivity contribution in [3.8, 4) is 11.5 Å². The standard InChI is InChI=1S/C27H25FN2O3S/c1-4-32-24-14-19(11-12-23(24)33-16-20-7-5-6-8-21(20)28)15-25-26(31)30(27(29)34-25)22-13-17(2)9-10-18(22)3/h5-15,29H,4,16H2,1-3H3. The first kappa shape index (κ1) is 23.6. The van der Waals surface area contributed by atoms with Crippen molar-refractivity contribution in [1.82, 2.24) is 0 Å². The summed E-state index contributed by atoms with van der Waals surface area (Å²) in [5, 5.41) is 8.55. The van der Waals surface area contributed by atoms with Crippen LogP contribution in [0.25, 0.3) is 6.08 Å². The molecule has 0 radical (unpaired) electrons. The molecule has 1 amide bonds. The average molecular weight is 477 g/mol. The molecular weight excluding hydrogens is 451 g/mol. The molecule has 1 aliphatic rings. The van der Waals surface area contributed by atoms with Crippen LogP contribution in [0.5, 0.6) is 11.5 Å². The molecule has 0 atom stereocenters. The Kier molecular flexibility index (Phi) is 7.03. The lowest BCUT2D eigenvalue weighted by Crippen LogP contribution is -2.28. The molecule has 0 saturated carbocycles. The molecule has 7 heteroatoms. The number of thioether (sulfide) groups is 1. The fourth-order valence-electron chi connectivity index (χ4n) is 3.59. The minimum absolute atomic E-state index is 0.0729. The van der Waals surface area contributed by atoms with Gasteiger partial charge in [-0.25, -0.2) is 4.39 Å². The number of hydrogen-bond donors (Lipinski definition) is 1. The maximum atomic E-state index is 13.9. The van der Waals surface area contributed by atoms with Crippen molar-refractivity contribution in [3.05, 3.63) is 93.6 Å². The van der Waals surface area contributed by atoms with E-state index in [1.807, 2.05) is 45.0 Å². The zero-order chi connectivity index (χ0) is 24.2. The monoisotopic (exact) mass is 476 g/mol. The summed E-state index contributed by atoms with van der Waals surface area (Å²) >= 11 is 1.13. The molecule has 1 aliphatic heterocycles. The van der Waals surface area contributed by atoms with Gasteiger partial charge in [0.15, 0.2) is 16.7 Å². The molecule has 1 N–H and O–H groups in total. The fourth-order valence-corrected chi connectivity index (χ4v) is 4.44. The van der Waals surface area contributed by atoms with E-state index in [1.54, 1.807) is 36.4 Å². The SMILES string of the molecule is CCOc1cc(C=C2SC(=N)N(c3cc(C)ccc3C)C2=O)ccc1OCc1ccccc1F. The van der Waals surface area contributed by atoms with E-state index < -0.39 is 0 Å². The number of carbonyl (C=O) groups is 1. The number of amides is 1. The van der Waals surface area contributed by atoms with Gasteiger partial charge in [0.25, 0.3) is 5.91 Å². The highest BCUT2D eigenvalue weighted by Crippen LogP contribution is 2.38. The molecule has 5 nitrogen and oxygen atoms in total. The topological polar surface area (TPSA) is 62.6 Å². The van der Waals surface area contributed by atoms with Crippen molar-refractivity contribution >= 4 is 34.6 Å². The molecule has 0 aromatic heterocycles. The van der Waals surface area contributed by atoms with Crippen LogP contribution in [0.15, 0.2) is 65.6 Å². The average Bonchev–Trinajstić information content (AvgIpc) is 3.08. The van der Waals surface area contributed by atoms with Gasteiger partial charge in [-0.2, -0.15) is 0 Å². The molecular formula is C27H25FN2O3S. The summed E-state index contributed by atoms with van der Waals surface area (Å²) in [5.74, 6) is 0.434. The number of aryl methyl sites for hydroxylation is 2. The summed E-state index contributed by atoms with van der Waals surface area (Å²) in [6.07, 6.45) is 1.75. The first-order valence-electron chi connectivity index (χ1n) is 10.9. The third-order valence-corrected chi connectivity index (χ3v) is 6.22. The Morgan fingerprint density at radius 2 is 1.82 bits per heavy atom. The van der Waals surface area contributed by atoms with Gasteiger partial charge in [-0.1, -0.05) is 36.4 Å². The van der Waals surface area contributed by atoms with Crippen LogP contribution in [0.1, 0.15) is 29.2 Å². The number of ether oxygens (including phenoxy) is 2. The van der Waals surface area contributed by atoms with Gasteiger partial charge in [0.1, 0.15) is 12.4 Å². The molecule has 174 valence electrons. The summed E-state index contributed by atoms with van der Waals surface area (Å²) in [4.78, 5) is 15.0. The third kappa shape index (κ3) is 4.99. The van der Waals surface area contributed by atoms with E-state index in [0.717, 1.165) is 34.1 Å². The molecule has 3 aromatic carbocycles. The second-order valence-corrected chi connectivity index (χ2v) is 8.90. The summed E-state index contributed by atoms with van der Waals surface area (Å²) in [6.45, 7) is 6.25. The van der Waals surface area contributed by atoms with Crippen LogP contribution in [0.4, 0.5) is 10.1 Å². The maximum Gasteiger partial charge on any atom is 0.271 e. The van der Waals surface area contributed by atoms with Crippen molar-refractivity contribution in [2.75, 3.05) is 11.5 Å². The largest absolute Gasteiger partial charge is 0.490 e. The van der Waals surface area contributed by atoms with Crippen molar-refractivity contribution in [2.45, 2.75) is 27.4 Å². The number of rotatable bonds is 7. The lowest BCUT2D eigenvalue weighted by molar-refractivity contribution is -0.113. The van der Waals surface area contributed by atoms with Crippen LogP contribution in [-0.4, -0.2) is 17.7 Å². The van der Waals surface area contributed by atoms with E-state index in [0.29, 0.717) is 28.6 Å². The van der Waals surface area contributed by atoms with Crippen molar-refractivity contribution in [3.63, 3.8) is 0 Å². The number of nitrogens with zero attached hydrogens (tertiary/aromatic N) is 1. The fraction of sp³-hybridized carbons (Fsp3) is 0.185. The van der Waals surface area contributed by atoms with E-state index in [9.17, 15) is 9.18 Å². The van der Waals surface area contributed by atoms with Crippen LogP contribution >= 0.6 is 11.8 Å². The summed E-state index contributed by atoms with van der Waals surface area (Å²) < 4.78 is 25.5. The first-order valence-corrected chi connectivity index (χ1v) is 11.7. The molecule has 1 saturated heterocycles. The summed E-state index contributed by atoms with van der Waals surface area (Å²) in [6, 6.07) is 17.7. The molecule has 3 aromatic rings. The molecule has 34 heavy (non-hydrogen) atoms. The summed E-state index contributed by atoms with van der Waals surface area (Å²) in [7, 11) is 0. The number of nitrogens with one attached hydrogen (secondary N) is 1. The van der Waals surface area contributed by atoms with Crippen molar-refractivity contribution < 1.29 is 18.7 Å². The lowest BCUT2D eigenvalue weighted by Gasteiger charge is -2.17. The Morgan fingerprint density at radius 3 is 2.59 bits per heavy atom. The van der Waals surface area contributed by atoms with E-state index in [-0.39, 0.29) is 23.5 Å². The van der Waals surface area contributed by atoms with Crippen LogP contribution < -0.4 is 14.4 Å². The van der Waals surface area contributed by atoms with Crippen LogP contribution in [0, 0.1) is 25.1 Å². The number of carbonyl (C=O) groups excluding carboxylic acids is 1. The molecule has 0 spiro atoms. The minimum atomic E-state index is -0.325. The van der Waals surface area contributed by atoms with Gasteiger partial charge < -0.3 is 9.47 Å². The lowest BCUT2D eigenvalue weighted by atomic mass is 10.1. The molecule has 0 unspecified atom stereocenters. The molecule has 0 bridgehead atoms. The number of benzene rings is 3. The Morgan fingerprint density at radius 1 is 1.03 bits per heavy atom. The minimum Gasteiger partial charge on any atom is -0.490 e. The van der Waals surface area contributed by atoms with E-state index >= 15 is 0 Å². The molecule has 4 rings (SSSR count). The Balaban J connectivity index is 1.58.